The third kappa shape index (κ3) is 8.07. The van der Waals surface area contributed by atoms with Crippen LogP contribution in [0.1, 0.15) is 66.6 Å². The van der Waals surface area contributed by atoms with Crippen LogP contribution in [0.15, 0.2) is 42.6 Å². The van der Waals surface area contributed by atoms with Gasteiger partial charge in [0, 0.05) is 51.9 Å². The Morgan fingerprint density at radius 2 is 1.81 bits per heavy atom. The summed E-state index contributed by atoms with van der Waals surface area (Å²) in [7, 11) is 3.25. The first-order valence-corrected chi connectivity index (χ1v) is 14.8. The number of rotatable bonds is 10. The van der Waals surface area contributed by atoms with Gasteiger partial charge in [-0.05, 0) is 69.2 Å². The molecule has 4 rings (SSSR count). The van der Waals surface area contributed by atoms with Crippen molar-refractivity contribution in [1.82, 2.24) is 20.1 Å². The number of likely N-dealkylation sites (tertiary alicyclic amines) is 1. The first-order chi connectivity index (χ1) is 20.5. The molecule has 1 aliphatic heterocycles. The van der Waals surface area contributed by atoms with E-state index in [9.17, 15) is 14.4 Å². The van der Waals surface area contributed by atoms with Gasteiger partial charge in [-0.1, -0.05) is 30.3 Å². The van der Waals surface area contributed by atoms with E-state index in [2.05, 4.69) is 28.2 Å². The molecule has 232 valence electrons. The lowest BCUT2D eigenvalue weighted by Gasteiger charge is -2.33. The van der Waals surface area contributed by atoms with Gasteiger partial charge in [-0.2, -0.15) is 0 Å². The lowest BCUT2D eigenvalue weighted by Crippen LogP contribution is -2.38. The molecule has 0 aliphatic carbocycles. The summed E-state index contributed by atoms with van der Waals surface area (Å²) in [6, 6.07) is 11.8. The smallest absolute Gasteiger partial charge is 0.407 e. The first-order valence-electron chi connectivity index (χ1n) is 14.8. The van der Waals surface area contributed by atoms with Crippen molar-refractivity contribution in [2.45, 2.75) is 65.1 Å². The molecule has 1 fully saturated rings. The maximum Gasteiger partial charge on any atom is 0.407 e. The third-order valence-electron chi connectivity index (χ3n) is 7.64. The van der Waals surface area contributed by atoms with Gasteiger partial charge in [0.25, 0.3) is 11.8 Å². The summed E-state index contributed by atoms with van der Waals surface area (Å²) >= 11 is 0. The lowest BCUT2D eigenvalue weighted by atomic mass is 9.87. The van der Waals surface area contributed by atoms with Gasteiger partial charge in [-0.3, -0.25) is 9.59 Å². The number of amides is 3. The second-order valence-electron chi connectivity index (χ2n) is 12.0. The van der Waals surface area contributed by atoms with Crippen LogP contribution >= 0.6 is 0 Å². The number of para-hydroxylation sites is 1. The van der Waals surface area contributed by atoms with Crippen molar-refractivity contribution >= 4 is 28.8 Å². The Balaban J connectivity index is 1.50. The van der Waals surface area contributed by atoms with Crippen LogP contribution in [0.2, 0.25) is 0 Å². The summed E-state index contributed by atoms with van der Waals surface area (Å²) in [4.78, 5) is 39.8. The summed E-state index contributed by atoms with van der Waals surface area (Å²) in [6.07, 6.45) is 2.95. The van der Waals surface area contributed by atoms with Gasteiger partial charge < -0.3 is 34.3 Å². The van der Waals surface area contributed by atoms with E-state index in [1.807, 2.05) is 62.2 Å². The van der Waals surface area contributed by atoms with Crippen molar-refractivity contribution in [1.29, 1.82) is 0 Å². The fourth-order valence-electron chi connectivity index (χ4n) is 5.51. The average molecular weight is 593 g/mol. The first kappa shape index (κ1) is 31.9. The number of aryl methyl sites for hydroxylation is 1. The summed E-state index contributed by atoms with van der Waals surface area (Å²) < 4.78 is 18.7. The number of carbonyl (C=O) groups excluding carboxylic acids is 3. The number of hydrogen-bond donors (Lipinski definition) is 2. The summed E-state index contributed by atoms with van der Waals surface area (Å²) in [5.74, 6) is 0.556. The highest BCUT2D eigenvalue weighted by atomic mass is 16.6. The number of alkyl carbamates (subject to hydrolysis) is 1. The standard InChI is InChI=1S/C33H44N4O6/c1-22-8-7-9-25-27(20-37(30(22)25)16-17-41-6)31(39)36-14-12-24(13-15-36)26-18-23(19-35-32(40)43-33(2,3)4)10-11-28(26)42-21-29(38)34-5/h7-11,18,20,24H,12-17,19,21H2,1-6H3,(H,34,38)(H,35,40). The van der Waals surface area contributed by atoms with E-state index < -0.39 is 11.7 Å². The van der Waals surface area contributed by atoms with Crippen LogP contribution in [-0.2, 0) is 27.4 Å². The van der Waals surface area contributed by atoms with E-state index in [4.69, 9.17) is 14.2 Å². The van der Waals surface area contributed by atoms with Gasteiger partial charge in [0.1, 0.15) is 11.4 Å². The highest BCUT2D eigenvalue weighted by Crippen LogP contribution is 2.36. The number of aromatic nitrogens is 1. The van der Waals surface area contributed by atoms with Crippen molar-refractivity contribution in [3.63, 3.8) is 0 Å². The van der Waals surface area contributed by atoms with Crippen LogP contribution < -0.4 is 15.4 Å². The molecule has 2 aromatic carbocycles. The number of methoxy groups -OCH3 is 1. The molecule has 1 saturated heterocycles. The van der Waals surface area contributed by atoms with Crippen molar-refractivity contribution in [2.75, 3.05) is 40.5 Å². The molecular formula is C33H44N4O6. The Morgan fingerprint density at radius 1 is 1.07 bits per heavy atom. The predicted molar refractivity (Wildman–Crippen MR) is 166 cm³/mol. The lowest BCUT2D eigenvalue weighted by molar-refractivity contribution is -0.122. The Labute approximate surface area is 253 Å². The van der Waals surface area contributed by atoms with Crippen LogP contribution in [0, 0.1) is 6.92 Å². The molecule has 43 heavy (non-hydrogen) atoms. The predicted octanol–water partition coefficient (Wildman–Crippen LogP) is 4.77. The van der Waals surface area contributed by atoms with Crippen LogP contribution in [0.25, 0.3) is 10.9 Å². The van der Waals surface area contributed by atoms with Crippen LogP contribution in [0.3, 0.4) is 0 Å². The molecule has 0 spiro atoms. The quantitative estimate of drug-likeness (QED) is 0.351. The van der Waals surface area contributed by atoms with Crippen molar-refractivity contribution in [2.24, 2.45) is 0 Å². The number of carbonyl (C=O) groups is 3. The zero-order valence-electron chi connectivity index (χ0n) is 26.1. The fraction of sp³-hybridized carbons (Fsp3) is 0.485. The van der Waals surface area contributed by atoms with Gasteiger partial charge in [0.15, 0.2) is 6.61 Å². The molecule has 0 radical (unpaired) electrons. The summed E-state index contributed by atoms with van der Waals surface area (Å²) in [5, 5.41) is 6.35. The number of nitrogens with one attached hydrogen (secondary N) is 2. The van der Waals surface area contributed by atoms with E-state index in [-0.39, 0.29) is 24.3 Å². The number of piperidine rings is 1. The van der Waals surface area contributed by atoms with E-state index in [0.717, 1.165) is 40.4 Å². The molecular weight excluding hydrogens is 548 g/mol. The van der Waals surface area contributed by atoms with Crippen molar-refractivity contribution in [3.8, 4) is 5.75 Å². The number of likely N-dealkylation sites (N-methyl/N-ethyl adjacent to an activating group) is 1. The van der Waals surface area contributed by atoms with Crippen LogP contribution in [-0.4, -0.2) is 73.4 Å². The second-order valence-corrected chi connectivity index (χ2v) is 12.0. The third-order valence-corrected chi connectivity index (χ3v) is 7.64. The van der Waals surface area contributed by atoms with E-state index in [1.54, 1.807) is 14.2 Å². The van der Waals surface area contributed by atoms with E-state index in [0.29, 0.717) is 44.1 Å². The topological polar surface area (TPSA) is 111 Å². The van der Waals surface area contributed by atoms with Gasteiger partial charge in [0.2, 0.25) is 0 Å². The molecule has 1 aromatic heterocycles. The van der Waals surface area contributed by atoms with Crippen LogP contribution in [0.5, 0.6) is 5.75 Å². The molecule has 0 bridgehead atoms. The van der Waals surface area contributed by atoms with Crippen LogP contribution in [0.4, 0.5) is 4.79 Å². The molecule has 10 nitrogen and oxygen atoms in total. The number of nitrogens with zero attached hydrogens (tertiary/aromatic N) is 2. The number of fused-ring (bicyclic) bond motifs is 1. The van der Waals surface area contributed by atoms with E-state index in [1.165, 1.54) is 0 Å². The Hall–Kier alpha value is -4.05. The Kier molecular flexibility index (Phi) is 10.3. The number of ether oxygens (including phenoxy) is 3. The highest BCUT2D eigenvalue weighted by molar-refractivity contribution is 6.07. The SMILES string of the molecule is CNC(=O)COc1ccc(CNC(=O)OC(C)(C)C)cc1C1CCN(C(=O)c2cn(CCOC)c3c(C)cccc23)CC1. The molecule has 2 N–H and O–H groups in total. The molecule has 10 heteroatoms. The number of hydrogen-bond acceptors (Lipinski definition) is 6. The summed E-state index contributed by atoms with van der Waals surface area (Å²) in [5.41, 5.74) is 4.16. The molecule has 0 saturated carbocycles. The Morgan fingerprint density at radius 3 is 2.49 bits per heavy atom. The van der Waals surface area contributed by atoms with Gasteiger partial charge in [-0.15, -0.1) is 0 Å². The maximum atomic E-state index is 13.8. The largest absolute Gasteiger partial charge is 0.483 e. The molecule has 3 aromatic rings. The second kappa shape index (κ2) is 13.9. The van der Waals surface area contributed by atoms with E-state index >= 15 is 0 Å². The number of benzene rings is 2. The minimum Gasteiger partial charge on any atom is -0.483 e. The van der Waals surface area contributed by atoms with Gasteiger partial charge >= 0.3 is 6.09 Å². The molecule has 0 atom stereocenters. The Bertz CT molecular complexity index is 1450. The zero-order valence-corrected chi connectivity index (χ0v) is 26.1. The summed E-state index contributed by atoms with van der Waals surface area (Å²) in [6.45, 7) is 10.1. The molecule has 3 amide bonds. The van der Waals surface area contributed by atoms with Gasteiger partial charge in [-0.25, -0.2) is 4.79 Å². The normalized spacial score (nSPS) is 14.0. The highest BCUT2D eigenvalue weighted by Gasteiger charge is 2.29. The fourth-order valence-corrected chi connectivity index (χ4v) is 5.51. The molecule has 0 unspecified atom stereocenters. The van der Waals surface area contributed by atoms with Crippen molar-refractivity contribution in [3.05, 3.63) is 64.8 Å². The molecule has 1 aliphatic rings. The zero-order chi connectivity index (χ0) is 31.1. The van der Waals surface area contributed by atoms with Gasteiger partial charge in [0.05, 0.1) is 17.7 Å². The minimum atomic E-state index is -0.587. The monoisotopic (exact) mass is 592 g/mol. The minimum absolute atomic E-state index is 0.0246. The average Bonchev–Trinajstić information content (AvgIpc) is 3.36. The van der Waals surface area contributed by atoms with Crippen molar-refractivity contribution < 1.29 is 28.6 Å². The molecule has 2 heterocycles. The maximum absolute atomic E-state index is 13.8.